The average Bonchev–Trinajstić information content (AvgIpc) is 3.18. The normalized spacial score (nSPS) is 18.1. The van der Waals surface area contributed by atoms with Gasteiger partial charge in [0.2, 0.25) is 5.95 Å². The van der Waals surface area contributed by atoms with Crippen LogP contribution in [0.1, 0.15) is 26.7 Å². The first-order valence-corrected chi connectivity index (χ1v) is 9.18. The van der Waals surface area contributed by atoms with Crippen LogP contribution in [-0.4, -0.2) is 52.0 Å². The number of ether oxygens (including phenoxy) is 1. The first-order valence-electron chi connectivity index (χ1n) is 9.18. The van der Waals surface area contributed by atoms with Gasteiger partial charge in [-0.05, 0) is 30.9 Å². The second-order valence-corrected chi connectivity index (χ2v) is 6.90. The molecule has 26 heavy (non-hydrogen) atoms. The number of hydrogen-bond acceptors (Lipinski definition) is 7. The monoisotopic (exact) mass is 357 g/mol. The summed E-state index contributed by atoms with van der Waals surface area (Å²) in [6.45, 7) is 5.68. The van der Waals surface area contributed by atoms with E-state index in [9.17, 15) is 5.11 Å². The molecule has 3 heterocycles. The van der Waals surface area contributed by atoms with Crippen molar-refractivity contribution in [1.29, 1.82) is 0 Å². The fourth-order valence-electron chi connectivity index (χ4n) is 2.88. The lowest BCUT2D eigenvalue weighted by Gasteiger charge is -2.21. The van der Waals surface area contributed by atoms with Gasteiger partial charge in [-0.2, -0.15) is 4.98 Å². The first kappa shape index (κ1) is 18.5. The minimum atomic E-state index is -0.106. The summed E-state index contributed by atoms with van der Waals surface area (Å²) in [6, 6.07) is 5.66. The fourth-order valence-corrected chi connectivity index (χ4v) is 2.88. The summed E-state index contributed by atoms with van der Waals surface area (Å²) < 4.78 is 5.67. The highest BCUT2D eigenvalue weighted by atomic mass is 16.5. The summed E-state index contributed by atoms with van der Waals surface area (Å²) in [5.41, 5.74) is 1.70. The van der Waals surface area contributed by atoms with Crippen molar-refractivity contribution in [2.75, 3.05) is 30.4 Å². The van der Waals surface area contributed by atoms with E-state index in [-0.39, 0.29) is 24.7 Å². The van der Waals surface area contributed by atoms with Crippen LogP contribution in [0.15, 0.2) is 30.6 Å². The van der Waals surface area contributed by atoms with E-state index in [0.29, 0.717) is 5.95 Å². The molecule has 0 saturated carbocycles. The lowest BCUT2D eigenvalue weighted by Crippen LogP contribution is -2.30. The maximum Gasteiger partial charge on any atom is 0.225 e. The summed E-state index contributed by atoms with van der Waals surface area (Å²) in [6.07, 6.45) is 5.92. The Bertz CT molecular complexity index is 690. The van der Waals surface area contributed by atoms with Crippen molar-refractivity contribution >= 4 is 11.8 Å². The number of nitrogens with zero attached hydrogens (tertiary/aromatic N) is 3. The molecule has 0 amide bonds. The predicted octanol–water partition coefficient (Wildman–Crippen LogP) is 2.56. The standard InChI is InChI=1S/C19H27N5O2/c1-13(2)17(12-25)23-19-22-16(14-5-3-7-20-10-14)9-18(24-19)21-11-15-6-4-8-26-15/h3,5,7,9-10,13,15,17,25H,4,6,8,11-12H2,1-2H3,(H2,21,22,23,24)/t15-,17-/m0/s1. The molecule has 140 valence electrons. The summed E-state index contributed by atoms with van der Waals surface area (Å²) in [5, 5.41) is 16.2. The quantitative estimate of drug-likeness (QED) is 0.668. The molecule has 2 atom stereocenters. The van der Waals surface area contributed by atoms with Gasteiger partial charge in [-0.25, -0.2) is 4.98 Å². The number of nitrogens with one attached hydrogen (secondary N) is 2. The SMILES string of the molecule is CC(C)[C@H](CO)Nc1nc(NC[C@@H]2CCCO2)cc(-c2cccnc2)n1. The minimum Gasteiger partial charge on any atom is -0.394 e. The molecule has 1 saturated heterocycles. The zero-order chi connectivity index (χ0) is 18.4. The van der Waals surface area contributed by atoms with Gasteiger partial charge < -0.3 is 20.5 Å². The molecule has 3 N–H and O–H groups in total. The van der Waals surface area contributed by atoms with Crippen LogP contribution < -0.4 is 10.6 Å². The molecule has 2 aromatic rings. The smallest absolute Gasteiger partial charge is 0.225 e. The molecule has 0 radical (unpaired) electrons. The second-order valence-electron chi connectivity index (χ2n) is 6.90. The Hall–Kier alpha value is -2.25. The van der Waals surface area contributed by atoms with Crippen LogP contribution in [0.3, 0.4) is 0 Å². The number of anilines is 2. The van der Waals surface area contributed by atoms with E-state index in [1.54, 1.807) is 12.4 Å². The molecule has 7 heteroatoms. The molecule has 0 aromatic carbocycles. The molecule has 1 fully saturated rings. The van der Waals surface area contributed by atoms with Crippen LogP contribution >= 0.6 is 0 Å². The Kier molecular flexibility index (Phi) is 6.35. The van der Waals surface area contributed by atoms with Crippen LogP contribution in [0.2, 0.25) is 0 Å². The van der Waals surface area contributed by atoms with Crippen LogP contribution in [-0.2, 0) is 4.74 Å². The van der Waals surface area contributed by atoms with E-state index < -0.39 is 0 Å². The lowest BCUT2D eigenvalue weighted by molar-refractivity contribution is 0.120. The summed E-state index contributed by atoms with van der Waals surface area (Å²) in [7, 11) is 0. The summed E-state index contributed by atoms with van der Waals surface area (Å²) in [5.74, 6) is 1.49. The zero-order valence-electron chi connectivity index (χ0n) is 15.4. The Morgan fingerprint density at radius 2 is 2.23 bits per heavy atom. The Balaban J connectivity index is 1.83. The molecule has 1 aliphatic rings. The van der Waals surface area contributed by atoms with Crippen LogP contribution in [0.5, 0.6) is 0 Å². The molecular weight excluding hydrogens is 330 g/mol. The molecule has 2 aromatic heterocycles. The van der Waals surface area contributed by atoms with Crippen molar-refractivity contribution in [2.45, 2.75) is 38.8 Å². The van der Waals surface area contributed by atoms with Gasteiger partial charge in [0.1, 0.15) is 5.82 Å². The molecule has 0 unspecified atom stereocenters. The minimum absolute atomic E-state index is 0.0246. The first-order chi connectivity index (χ1) is 12.7. The Morgan fingerprint density at radius 3 is 2.88 bits per heavy atom. The third kappa shape index (κ3) is 4.89. The average molecular weight is 357 g/mol. The predicted molar refractivity (Wildman–Crippen MR) is 102 cm³/mol. The van der Waals surface area contributed by atoms with Gasteiger partial charge in [0.15, 0.2) is 0 Å². The molecule has 7 nitrogen and oxygen atoms in total. The highest BCUT2D eigenvalue weighted by Crippen LogP contribution is 2.22. The van der Waals surface area contributed by atoms with E-state index in [2.05, 4.69) is 39.4 Å². The molecule has 0 aliphatic carbocycles. The highest BCUT2D eigenvalue weighted by Gasteiger charge is 2.17. The van der Waals surface area contributed by atoms with Crippen molar-refractivity contribution in [3.8, 4) is 11.3 Å². The second kappa shape index (κ2) is 8.91. The van der Waals surface area contributed by atoms with Crippen molar-refractivity contribution < 1.29 is 9.84 Å². The van der Waals surface area contributed by atoms with Gasteiger partial charge in [-0.15, -0.1) is 0 Å². The number of aromatic nitrogens is 3. The van der Waals surface area contributed by atoms with Crippen LogP contribution in [0, 0.1) is 5.92 Å². The molecule has 0 bridgehead atoms. The molecule has 0 spiro atoms. The van der Waals surface area contributed by atoms with E-state index >= 15 is 0 Å². The van der Waals surface area contributed by atoms with Gasteiger partial charge in [0.25, 0.3) is 0 Å². The van der Waals surface area contributed by atoms with E-state index in [0.717, 1.165) is 43.1 Å². The highest BCUT2D eigenvalue weighted by molar-refractivity contribution is 5.63. The van der Waals surface area contributed by atoms with Gasteiger partial charge in [-0.1, -0.05) is 13.8 Å². The Morgan fingerprint density at radius 1 is 1.35 bits per heavy atom. The van der Waals surface area contributed by atoms with Crippen LogP contribution in [0.4, 0.5) is 11.8 Å². The number of aliphatic hydroxyl groups excluding tert-OH is 1. The largest absolute Gasteiger partial charge is 0.394 e. The third-order valence-corrected chi connectivity index (χ3v) is 4.53. The summed E-state index contributed by atoms with van der Waals surface area (Å²) in [4.78, 5) is 13.4. The van der Waals surface area contributed by atoms with E-state index in [1.165, 1.54) is 0 Å². The van der Waals surface area contributed by atoms with Gasteiger partial charge in [0.05, 0.1) is 24.4 Å². The molecule has 1 aliphatic heterocycles. The number of hydrogen-bond donors (Lipinski definition) is 3. The maximum atomic E-state index is 9.60. The van der Waals surface area contributed by atoms with Gasteiger partial charge in [-0.3, -0.25) is 4.98 Å². The number of pyridine rings is 1. The van der Waals surface area contributed by atoms with Crippen molar-refractivity contribution in [3.05, 3.63) is 30.6 Å². The van der Waals surface area contributed by atoms with Crippen LogP contribution in [0.25, 0.3) is 11.3 Å². The summed E-state index contributed by atoms with van der Waals surface area (Å²) >= 11 is 0. The van der Waals surface area contributed by atoms with Crippen molar-refractivity contribution in [2.24, 2.45) is 5.92 Å². The fraction of sp³-hybridized carbons (Fsp3) is 0.526. The lowest BCUT2D eigenvalue weighted by atomic mass is 10.1. The van der Waals surface area contributed by atoms with E-state index in [1.807, 2.05) is 18.2 Å². The number of aliphatic hydroxyl groups is 1. The topological polar surface area (TPSA) is 92.2 Å². The van der Waals surface area contributed by atoms with Gasteiger partial charge >= 0.3 is 0 Å². The number of rotatable bonds is 8. The molecular formula is C19H27N5O2. The zero-order valence-corrected chi connectivity index (χ0v) is 15.4. The van der Waals surface area contributed by atoms with Gasteiger partial charge in [0, 0.05) is 37.2 Å². The van der Waals surface area contributed by atoms with E-state index in [4.69, 9.17) is 4.74 Å². The van der Waals surface area contributed by atoms with Crippen molar-refractivity contribution in [1.82, 2.24) is 15.0 Å². The Labute approximate surface area is 154 Å². The van der Waals surface area contributed by atoms with Crippen molar-refractivity contribution in [3.63, 3.8) is 0 Å². The third-order valence-electron chi connectivity index (χ3n) is 4.53. The molecule has 3 rings (SSSR count). The maximum absolute atomic E-state index is 9.60.